The average molecular weight is 360 g/mol. The van der Waals surface area contributed by atoms with E-state index in [9.17, 15) is 10.1 Å². The third-order valence-corrected chi connectivity index (χ3v) is 4.47. The van der Waals surface area contributed by atoms with E-state index in [1.54, 1.807) is 6.07 Å². The molecule has 0 amide bonds. The molecule has 0 aliphatic rings. The first-order chi connectivity index (χ1) is 5.54. The van der Waals surface area contributed by atoms with Gasteiger partial charge in [-0.25, -0.2) is 0 Å². The second-order valence-electron chi connectivity index (χ2n) is 1.99. The highest BCUT2D eigenvalue weighted by Crippen LogP contribution is 2.33. The molecule has 0 aromatic heterocycles. The van der Waals surface area contributed by atoms with Gasteiger partial charge in [-0.1, -0.05) is 0 Å². The first kappa shape index (κ1) is 10.3. The van der Waals surface area contributed by atoms with Crippen molar-refractivity contribution in [2.75, 3.05) is 0 Å². The van der Waals surface area contributed by atoms with Gasteiger partial charge in [0, 0.05) is 9.64 Å². The molecule has 3 nitrogen and oxygen atoms in total. The zero-order valence-electron chi connectivity index (χ0n) is 5.62. The quantitative estimate of drug-likeness (QED) is 0.362. The number of hydrogen-bond acceptors (Lipinski definition) is 3. The van der Waals surface area contributed by atoms with Crippen LogP contribution in [-0.2, 0) is 0 Å². The Kier molecular flexibility index (Phi) is 3.36. The van der Waals surface area contributed by atoms with E-state index < -0.39 is 4.92 Å². The van der Waals surface area contributed by atoms with Crippen LogP contribution >= 0.6 is 51.1 Å². The van der Waals surface area contributed by atoms with E-state index in [1.165, 1.54) is 6.07 Å². The van der Waals surface area contributed by atoms with Crippen LogP contribution < -0.4 is 0 Å². The number of rotatable bonds is 1. The molecule has 0 radical (unpaired) electrons. The van der Waals surface area contributed by atoms with Crippen molar-refractivity contribution in [3.8, 4) is 0 Å². The van der Waals surface area contributed by atoms with Gasteiger partial charge in [-0.05, 0) is 44.6 Å². The zero-order valence-corrected chi connectivity index (χ0v) is 10.3. The van der Waals surface area contributed by atoms with Gasteiger partial charge in [0.25, 0.3) is 5.69 Å². The summed E-state index contributed by atoms with van der Waals surface area (Å²) >= 11 is 9.31. The third-order valence-electron chi connectivity index (χ3n) is 1.24. The maximum atomic E-state index is 10.4. The normalized spacial score (nSPS) is 9.92. The van der Waals surface area contributed by atoms with E-state index in [2.05, 4.69) is 51.1 Å². The Morgan fingerprint density at radius 3 is 2.67 bits per heavy atom. The van der Waals surface area contributed by atoms with Crippen LogP contribution in [0.5, 0.6) is 0 Å². The largest absolute Gasteiger partial charge is 0.283 e. The Bertz CT molecular complexity index is 345. The summed E-state index contributed by atoms with van der Waals surface area (Å²) in [5.74, 6) is 0. The van der Waals surface area contributed by atoms with Crippen LogP contribution in [0.4, 0.5) is 5.69 Å². The van der Waals surface area contributed by atoms with Gasteiger partial charge in [-0.2, -0.15) is 0 Å². The fourth-order valence-electron chi connectivity index (χ4n) is 0.677. The summed E-state index contributed by atoms with van der Waals surface area (Å²) in [7, 11) is 0. The molecule has 6 heteroatoms. The van der Waals surface area contributed by atoms with Gasteiger partial charge in [0.15, 0.2) is 0 Å². The lowest BCUT2D eigenvalue weighted by molar-refractivity contribution is -0.387. The maximum absolute atomic E-state index is 10.4. The molecule has 64 valence electrons. The van der Waals surface area contributed by atoms with Crippen molar-refractivity contribution < 1.29 is 4.92 Å². The van der Waals surface area contributed by atoms with Crippen molar-refractivity contribution >= 4 is 56.8 Å². The molecule has 0 fully saturated rings. The first-order valence-corrected chi connectivity index (χ1v) is 5.17. The van der Waals surface area contributed by atoms with Gasteiger partial charge in [0.2, 0.25) is 0 Å². The lowest BCUT2D eigenvalue weighted by Gasteiger charge is -2.00. The van der Waals surface area contributed by atoms with Crippen molar-refractivity contribution in [2.45, 2.75) is 4.90 Å². The van der Waals surface area contributed by atoms with Crippen LogP contribution in [0.15, 0.2) is 21.5 Å². The summed E-state index contributed by atoms with van der Waals surface area (Å²) in [6.45, 7) is 0. The molecule has 0 bridgehead atoms. The fourth-order valence-corrected chi connectivity index (χ4v) is 1.95. The smallest absolute Gasteiger partial charge is 0.258 e. The molecule has 1 rings (SSSR count). The van der Waals surface area contributed by atoms with Gasteiger partial charge in [-0.3, -0.25) is 10.1 Å². The van der Waals surface area contributed by atoms with E-state index in [-0.39, 0.29) is 5.69 Å². The van der Waals surface area contributed by atoms with Crippen LogP contribution in [0.1, 0.15) is 0 Å². The highest BCUT2D eigenvalue weighted by atomic mass is 127. The minimum atomic E-state index is -0.455. The molecule has 1 aromatic rings. The molecule has 0 saturated heterocycles. The molecular formula is C6H3BrINO2S. The molecule has 0 aliphatic heterocycles. The molecule has 0 saturated carbocycles. The van der Waals surface area contributed by atoms with Crippen LogP contribution in [0.2, 0.25) is 0 Å². The van der Waals surface area contributed by atoms with Gasteiger partial charge in [0.05, 0.1) is 14.3 Å². The minimum Gasteiger partial charge on any atom is -0.258 e. The number of nitrogens with zero attached hydrogens (tertiary/aromatic N) is 1. The minimum absolute atomic E-state index is 0.0191. The Morgan fingerprint density at radius 2 is 2.17 bits per heavy atom. The van der Waals surface area contributed by atoms with Crippen molar-refractivity contribution in [2.24, 2.45) is 0 Å². The predicted octanol–water partition coefficient (Wildman–Crippen LogP) is 3.25. The second kappa shape index (κ2) is 3.93. The average Bonchev–Trinajstić information content (AvgIpc) is 2.00. The predicted molar refractivity (Wildman–Crippen MR) is 60.8 cm³/mol. The molecule has 0 N–H and O–H groups in total. The number of hydrogen-bond donors (Lipinski definition) is 1. The van der Waals surface area contributed by atoms with Crippen molar-refractivity contribution in [3.05, 3.63) is 30.3 Å². The van der Waals surface area contributed by atoms with Crippen LogP contribution in [-0.4, -0.2) is 4.92 Å². The number of nitro groups is 1. The summed E-state index contributed by atoms with van der Waals surface area (Å²) in [6.07, 6.45) is 0. The zero-order chi connectivity index (χ0) is 9.30. The topological polar surface area (TPSA) is 43.1 Å². The summed E-state index contributed by atoms with van der Waals surface area (Å²) in [4.78, 5) is 10.3. The monoisotopic (exact) mass is 359 g/mol. The highest BCUT2D eigenvalue weighted by molar-refractivity contribution is 14.1. The molecule has 0 atom stereocenters. The molecule has 12 heavy (non-hydrogen) atoms. The lowest BCUT2D eigenvalue weighted by Crippen LogP contribution is -1.91. The van der Waals surface area contributed by atoms with Crippen molar-refractivity contribution in [3.63, 3.8) is 0 Å². The Morgan fingerprint density at radius 1 is 1.58 bits per heavy atom. The standard InChI is InChI=1S/C6H3BrINO2S/c7-5-3(8)1-2-4(6(5)12)9(10)11/h1-2,12H. The SMILES string of the molecule is O=[N+]([O-])c1ccc(I)c(Br)c1S. The number of thiol groups is 1. The van der Waals surface area contributed by atoms with Crippen LogP contribution in [0.3, 0.4) is 0 Å². The molecule has 0 heterocycles. The molecule has 1 aromatic carbocycles. The fraction of sp³-hybridized carbons (Fsp3) is 0. The first-order valence-electron chi connectivity index (χ1n) is 2.85. The number of benzene rings is 1. The summed E-state index contributed by atoms with van der Waals surface area (Å²) in [5.41, 5.74) is 0.0191. The summed E-state index contributed by atoms with van der Waals surface area (Å²) in [5, 5.41) is 10.4. The molecular weight excluding hydrogens is 357 g/mol. The highest BCUT2D eigenvalue weighted by Gasteiger charge is 2.14. The van der Waals surface area contributed by atoms with Crippen LogP contribution in [0, 0.1) is 13.7 Å². The van der Waals surface area contributed by atoms with E-state index in [0.717, 1.165) is 3.57 Å². The maximum Gasteiger partial charge on any atom is 0.283 e. The van der Waals surface area contributed by atoms with Gasteiger partial charge >= 0.3 is 0 Å². The van der Waals surface area contributed by atoms with Crippen LogP contribution in [0.25, 0.3) is 0 Å². The molecule has 0 aliphatic carbocycles. The third kappa shape index (κ3) is 1.91. The molecule has 0 spiro atoms. The molecule has 0 unspecified atom stereocenters. The second-order valence-corrected chi connectivity index (χ2v) is 4.39. The van der Waals surface area contributed by atoms with E-state index in [1.807, 2.05) is 0 Å². The van der Waals surface area contributed by atoms with E-state index >= 15 is 0 Å². The Balaban J connectivity index is 3.36. The van der Waals surface area contributed by atoms with Crippen molar-refractivity contribution in [1.29, 1.82) is 0 Å². The number of nitro benzene ring substituents is 1. The summed E-state index contributed by atoms with van der Waals surface area (Å²) in [6, 6.07) is 3.11. The van der Waals surface area contributed by atoms with Gasteiger partial charge in [-0.15, -0.1) is 12.6 Å². The number of halogens is 2. The lowest BCUT2D eigenvalue weighted by atomic mass is 10.3. The Labute approximate surface area is 96.4 Å². The van der Waals surface area contributed by atoms with Gasteiger partial charge < -0.3 is 0 Å². The van der Waals surface area contributed by atoms with E-state index in [0.29, 0.717) is 9.37 Å². The van der Waals surface area contributed by atoms with Gasteiger partial charge in [0.1, 0.15) is 0 Å². The Hall–Kier alpha value is 0.180. The van der Waals surface area contributed by atoms with E-state index in [4.69, 9.17) is 0 Å². The van der Waals surface area contributed by atoms with Crippen molar-refractivity contribution in [1.82, 2.24) is 0 Å². The summed E-state index contributed by atoms with van der Waals surface area (Å²) < 4.78 is 1.57.